The average molecular weight is 278 g/mol. The second kappa shape index (κ2) is 7.19. The van der Waals surface area contributed by atoms with Crippen LogP contribution in [0.1, 0.15) is 25.3 Å². The molecule has 0 aliphatic heterocycles. The molecule has 2 N–H and O–H groups in total. The second-order valence-corrected chi connectivity index (χ2v) is 5.05. The van der Waals surface area contributed by atoms with Crippen molar-refractivity contribution in [3.63, 3.8) is 0 Å². The molecule has 0 bridgehead atoms. The highest BCUT2D eigenvalue weighted by atomic mass is 35.5. The van der Waals surface area contributed by atoms with Crippen LogP contribution in [0.25, 0.3) is 0 Å². The van der Waals surface area contributed by atoms with Crippen LogP contribution in [0, 0.1) is 0 Å². The third-order valence-corrected chi connectivity index (χ3v) is 3.24. The van der Waals surface area contributed by atoms with E-state index in [0.29, 0.717) is 12.6 Å². The van der Waals surface area contributed by atoms with Crippen molar-refractivity contribution < 1.29 is 0 Å². The average Bonchev–Trinajstić information content (AvgIpc) is 2.89. The van der Waals surface area contributed by atoms with Gasteiger partial charge in [0.2, 0.25) is 0 Å². The number of nitrogens with one attached hydrogen (secondary N) is 2. The zero-order valence-electron chi connectivity index (χ0n) is 11.2. The molecule has 0 amide bonds. The van der Waals surface area contributed by atoms with Gasteiger partial charge in [-0.25, -0.2) is 4.99 Å². The van der Waals surface area contributed by atoms with E-state index in [4.69, 9.17) is 11.6 Å². The maximum Gasteiger partial charge on any atom is 0.191 e. The molecule has 3 nitrogen and oxygen atoms in total. The molecule has 1 aromatic carbocycles. The topological polar surface area (TPSA) is 36.4 Å². The Morgan fingerprint density at radius 1 is 1.37 bits per heavy atom. The number of hydrogen-bond acceptors (Lipinski definition) is 1. The number of halogens is 1. The molecule has 0 fully saturated rings. The lowest BCUT2D eigenvalue weighted by Gasteiger charge is -2.16. The van der Waals surface area contributed by atoms with Crippen LogP contribution in [-0.4, -0.2) is 18.5 Å². The molecule has 0 unspecified atom stereocenters. The normalized spacial score (nSPS) is 15.8. The fraction of sp³-hybridized carbons (Fsp3) is 0.400. The van der Waals surface area contributed by atoms with Gasteiger partial charge >= 0.3 is 0 Å². The van der Waals surface area contributed by atoms with E-state index in [1.807, 2.05) is 24.3 Å². The Balaban J connectivity index is 1.95. The Hall–Kier alpha value is -1.48. The van der Waals surface area contributed by atoms with Gasteiger partial charge in [0.05, 0.1) is 6.54 Å². The van der Waals surface area contributed by atoms with Crippen LogP contribution in [0.3, 0.4) is 0 Å². The summed E-state index contributed by atoms with van der Waals surface area (Å²) in [5.74, 6) is 0.871. The standard InChI is InChI=1S/C15H20ClN3/c1-2-17-15(19-14-8-3-4-9-14)18-11-12-6-5-7-13(16)10-12/h3-7,10,14H,2,8-9,11H2,1H3,(H2,17,18,19). The summed E-state index contributed by atoms with van der Waals surface area (Å²) in [7, 11) is 0. The van der Waals surface area contributed by atoms with Crippen molar-refractivity contribution in [2.45, 2.75) is 32.4 Å². The largest absolute Gasteiger partial charge is 0.357 e. The Bertz CT molecular complexity index is 460. The molecule has 1 aliphatic carbocycles. The first-order valence-corrected chi connectivity index (χ1v) is 7.10. The molecule has 0 spiro atoms. The molecule has 0 saturated carbocycles. The van der Waals surface area contributed by atoms with Gasteiger partial charge in [-0.15, -0.1) is 0 Å². The van der Waals surface area contributed by atoms with Crippen LogP contribution in [0.5, 0.6) is 0 Å². The minimum absolute atomic E-state index is 0.470. The van der Waals surface area contributed by atoms with E-state index in [1.54, 1.807) is 0 Å². The highest BCUT2D eigenvalue weighted by molar-refractivity contribution is 6.30. The van der Waals surface area contributed by atoms with Gasteiger partial charge in [-0.2, -0.15) is 0 Å². The van der Waals surface area contributed by atoms with E-state index >= 15 is 0 Å². The van der Waals surface area contributed by atoms with Crippen molar-refractivity contribution in [2.24, 2.45) is 4.99 Å². The molecular weight excluding hydrogens is 258 g/mol. The monoisotopic (exact) mass is 277 g/mol. The van der Waals surface area contributed by atoms with Crippen LogP contribution >= 0.6 is 11.6 Å². The van der Waals surface area contributed by atoms with Gasteiger partial charge in [0, 0.05) is 17.6 Å². The quantitative estimate of drug-likeness (QED) is 0.504. The lowest BCUT2D eigenvalue weighted by Crippen LogP contribution is -2.42. The number of guanidine groups is 1. The summed E-state index contributed by atoms with van der Waals surface area (Å²) in [6.45, 7) is 3.57. The van der Waals surface area contributed by atoms with Gasteiger partial charge in [0.25, 0.3) is 0 Å². The molecule has 0 radical (unpaired) electrons. The second-order valence-electron chi connectivity index (χ2n) is 4.61. The first-order valence-electron chi connectivity index (χ1n) is 6.72. The summed E-state index contributed by atoms with van der Waals surface area (Å²) in [6, 6.07) is 8.29. The number of benzene rings is 1. The summed E-state index contributed by atoms with van der Waals surface area (Å²) in [5.41, 5.74) is 1.12. The maximum absolute atomic E-state index is 5.97. The minimum Gasteiger partial charge on any atom is -0.357 e. The summed E-state index contributed by atoms with van der Waals surface area (Å²) >= 11 is 5.97. The summed E-state index contributed by atoms with van der Waals surface area (Å²) in [5, 5.41) is 7.47. The van der Waals surface area contributed by atoms with E-state index in [-0.39, 0.29) is 0 Å². The smallest absolute Gasteiger partial charge is 0.191 e. The predicted octanol–water partition coefficient (Wildman–Crippen LogP) is 3.11. The summed E-state index contributed by atoms with van der Waals surface area (Å²) in [6.07, 6.45) is 6.56. The van der Waals surface area contributed by atoms with E-state index in [1.165, 1.54) is 0 Å². The molecule has 2 rings (SSSR count). The summed E-state index contributed by atoms with van der Waals surface area (Å²) < 4.78 is 0. The molecule has 0 heterocycles. The lowest BCUT2D eigenvalue weighted by molar-refractivity contribution is 0.633. The fourth-order valence-corrected chi connectivity index (χ4v) is 2.27. The first kappa shape index (κ1) is 13.9. The van der Waals surface area contributed by atoms with Gasteiger partial charge in [0.1, 0.15) is 0 Å². The molecule has 0 saturated heterocycles. The zero-order chi connectivity index (χ0) is 13.5. The Labute approximate surface area is 119 Å². The van der Waals surface area contributed by atoms with E-state index in [2.05, 4.69) is 34.7 Å². The van der Waals surface area contributed by atoms with Crippen LogP contribution in [0.4, 0.5) is 0 Å². The molecule has 4 heteroatoms. The Morgan fingerprint density at radius 3 is 2.84 bits per heavy atom. The third-order valence-electron chi connectivity index (χ3n) is 3.00. The van der Waals surface area contributed by atoms with Crippen molar-refractivity contribution in [1.82, 2.24) is 10.6 Å². The van der Waals surface area contributed by atoms with Crippen LogP contribution in [0.2, 0.25) is 5.02 Å². The van der Waals surface area contributed by atoms with Gasteiger partial charge in [-0.05, 0) is 37.5 Å². The molecule has 102 valence electrons. The maximum atomic E-state index is 5.97. The van der Waals surface area contributed by atoms with Crippen LogP contribution < -0.4 is 10.6 Å². The molecule has 1 aromatic rings. The predicted molar refractivity (Wildman–Crippen MR) is 81.6 cm³/mol. The molecule has 0 aromatic heterocycles. The SMILES string of the molecule is CCNC(=NCc1cccc(Cl)c1)NC1CC=CC1. The highest BCUT2D eigenvalue weighted by Crippen LogP contribution is 2.12. The van der Waals surface area contributed by atoms with E-state index < -0.39 is 0 Å². The van der Waals surface area contributed by atoms with Gasteiger partial charge in [-0.3, -0.25) is 0 Å². The van der Waals surface area contributed by atoms with Crippen molar-refractivity contribution in [3.8, 4) is 0 Å². The summed E-state index contributed by atoms with van der Waals surface area (Å²) in [4.78, 5) is 4.60. The van der Waals surface area contributed by atoms with Crippen molar-refractivity contribution in [1.29, 1.82) is 0 Å². The van der Waals surface area contributed by atoms with Gasteiger partial charge < -0.3 is 10.6 Å². The number of hydrogen-bond donors (Lipinski definition) is 2. The number of rotatable bonds is 4. The minimum atomic E-state index is 0.470. The fourth-order valence-electron chi connectivity index (χ4n) is 2.05. The molecule has 19 heavy (non-hydrogen) atoms. The lowest BCUT2D eigenvalue weighted by atomic mass is 10.2. The highest BCUT2D eigenvalue weighted by Gasteiger charge is 2.11. The molecule has 0 atom stereocenters. The van der Waals surface area contributed by atoms with Crippen molar-refractivity contribution in [3.05, 3.63) is 47.0 Å². The number of nitrogens with zero attached hydrogens (tertiary/aromatic N) is 1. The number of aliphatic imine (C=N–C) groups is 1. The Kier molecular flexibility index (Phi) is 5.28. The van der Waals surface area contributed by atoms with E-state index in [9.17, 15) is 0 Å². The van der Waals surface area contributed by atoms with E-state index in [0.717, 1.165) is 35.9 Å². The van der Waals surface area contributed by atoms with Crippen LogP contribution in [-0.2, 0) is 6.54 Å². The first-order chi connectivity index (χ1) is 9.28. The van der Waals surface area contributed by atoms with Crippen molar-refractivity contribution >= 4 is 17.6 Å². The third kappa shape index (κ3) is 4.60. The molecule has 1 aliphatic rings. The zero-order valence-corrected chi connectivity index (χ0v) is 12.0. The van der Waals surface area contributed by atoms with Gasteiger partial charge in [-0.1, -0.05) is 35.9 Å². The van der Waals surface area contributed by atoms with Gasteiger partial charge in [0.15, 0.2) is 5.96 Å². The Morgan fingerprint density at radius 2 is 2.16 bits per heavy atom. The molecular formula is C15H20ClN3. The van der Waals surface area contributed by atoms with Crippen LogP contribution in [0.15, 0.2) is 41.4 Å². The van der Waals surface area contributed by atoms with Crippen molar-refractivity contribution in [2.75, 3.05) is 6.54 Å².